The Morgan fingerprint density at radius 2 is 2.25 bits per heavy atom. The molecule has 2 heterocycles. The minimum atomic E-state index is 0. The maximum absolute atomic E-state index is 4.35. The molecule has 1 aliphatic heterocycles. The summed E-state index contributed by atoms with van der Waals surface area (Å²) >= 11 is 2.03. The van der Waals surface area contributed by atoms with Gasteiger partial charge < -0.3 is 15.6 Å². The third-order valence-corrected chi connectivity index (χ3v) is 5.53. The standard InChI is InChI=1S/C18H26N4S.HI/c1-19-18(22-15-7-5-11-23-13-15)20-10-4-6-14-12-21-17-9-3-2-8-16(14)17;/h2-3,8-9,12,15,21H,4-7,10-11,13H2,1H3,(H2,19,20,22);1H. The average molecular weight is 458 g/mol. The predicted octanol–water partition coefficient (Wildman–Crippen LogP) is 3.78. The molecule has 0 amide bonds. The van der Waals surface area contributed by atoms with Crippen LogP contribution in [0.25, 0.3) is 10.9 Å². The number of aromatic nitrogens is 1. The van der Waals surface area contributed by atoms with E-state index >= 15 is 0 Å². The maximum atomic E-state index is 4.35. The van der Waals surface area contributed by atoms with Crippen molar-refractivity contribution in [2.24, 2.45) is 4.99 Å². The largest absolute Gasteiger partial charge is 0.361 e. The van der Waals surface area contributed by atoms with Gasteiger partial charge in [-0.1, -0.05) is 18.2 Å². The summed E-state index contributed by atoms with van der Waals surface area (Å²) in [6.45, 7) is 0.943. The lowest BCUT2D eigenvalue weighted by Crippen LogP contribution is -2.45. The van der Waals surface area contributed by atoms with E-state index in [2.05, 4.69) is 51.1 Å². The smallest absolute Gasteiger partial charge is 0.191 e. The van der Waals surface area contributed by atoms with Crippen LogP contribution >= 0.6 is 35.7 Å². The molecule has 1 aromatic carbocycles. The number of aliphatic imine (C=N–C) groups is 1. The first-order valence-corrected chi connectivity index (χ1v) is 9.62. The van der Waals surface area contributed by atoms with E-state index < -0.39 is 0 Å². The predicted molar refractivity (Wildman–Crippen MR) is 117 cm³/mol. The van der Waals surface area contributed by atoms with Gasteiger partial charge in [-0.2, -0.15) is 11.8 Å². The average Bonchev–Trinajstić information content (AvgIpc) is 3.02. The molecule has 3 rings (SSSR count). The van der Waals surface area contributed by atoms with Crippen molar-refractivity contribution in [1.82, 2.24) is 15.6 Å². The number of benzene rings is 1. The van der Waals surface area contributed by atoms with Gasteiger partial charge in [0.25, 0.3) is 0 Å². The number of rotatable bonds is 5. The quantitative estimate of drug-likeness (QED) is 0.277. The van der Waals surface area contributed by atoms with E-state index in [9.17, 15) is 0 Å². The van der Waals surface area contributed by atoms with Gasteiger partial charge in [0.15, 0.2) is 5.96 Å². The van der Waals surface area contributed by atoms with E-state index in [1.807, 2.05) is 18.8 Å². The number of nitrogens with zero attached hydrogens (tertiary/aromatic N) is 1. The van der Waals surface area contributed by atoms with Gasteiger partial charge in [0.1, 0.15) is 0 Å². The monoisotopic (exact) mass is 458 g/mol. The Hall–Kier alpha value is -0.890. The molecule has 24 heavy (non-hydrogen) atoms. The van der Waals surface area contributed by atoms with Gasteiger partial charge in [-0.25, -0.2) is 0 Å². The molecule has 1 fully saturated rings. The number of thioether (sulfide) groups is 1. The lowest BCUT2D eigenvalue weighted by Gasteiger charge is -2.24. The van der Waals surface area contributed by atoms with Crippen LogP contribution in [0.2, 0.25) is 0 Å². The molecule has 1 aliphatic rings. The molecule has 3 N–H and O–H groups in total. The Morgan fingerprint density at radius 3 is 3.04 bits per heavy atom. The van der Waals surface area contributed by atoms with Crippen molar-refractivity contribution in [2.45, 2.75) is 31.7 Å². The highest BCUT2D eigenvalue weighted by atomic mass is 127. The molecule has 132 valence electrons. The molecule has 0 aliphatic carbocycles. The first-order chi connectivity index (χ1) is 11.4. The number of aromatic amines is 1. The van der Waals surface area contributed by atoms with Crippen LogP contribution < -0.4 is 10.6 Å². The summed E-state index contributed by atoms with van der Waals surface area (Å²) in [7, 11) is 1.85. The zero-order chi connectivity index (χ0) is 15.9. The van der Waals surface area contributed by atoms with Crippen LogP contribution in [0.3, 0.4) is 0 Å². The van der Waals surface area contributed by atoms with Crippen molar-refractivity contribution in [2.75, 3.05) is 25.1 Å². The summed E-state index contributed by atoms with van der Waals surface area (Å²) in [6.07, 6.45) is 6.87. The minimum absolute atomic E-state index is 0. The minimum Gasteiger partial charge on any atom is -0.361 e. The third kappa shape index (κ3) is 5.31. The number of nitrogens with one attached hydrogen (secondary N) is 3. The number of guanidine groups is 1. The van der Waals surface area contributed by atoms with Crippen LogP contribution in [-0.2, 0) is 6.42 Å². The van der Waals surface area contributed by atoms with Crippen molar-refractivity contribution in [3.05, 3.63) is 36.0 Å². The molecule has 1 saturated heterocycles. The second kappa shape index (κ2) is 10.2. The van der Waals surface area contributed by atoms with E-state index in [-0.39, 0.29) is 24.0 Å². The summed E-state index contributed by atoms with van der Waals surface area (Å²) in [6, 6.07) is 9.06. The second-order valence-corrected chi connectivity index (χ2v) is 7.17. The Kier molecular flexibility index (Phi) is 8.24. The fraction of sp³-hybridized carbons (Fsp3) is 0.500. The van der Waals surface area contributed by atoms with E-state index in [4.69, 9.17) is 0 Å². The van der Waals surface area contributed by atoms with Gasteiger partial charge in [-0.05, 0) is 43.1 Å². The first kappa shape index (κ1) is 19.4. The van der Waals surface area contributed by atoms with E-state index in [1.165, 1.54) is 40.8 Å². The summed E-state index contributed by atoms with van der Waals surface area (Å²) in [5.41, 5.74) is 2.62. The first-order valence-electron chi connectivity index (χ1n) is 8.47. The molecular weight excluding hydrogens is 431 g/mol. The number of halogens is 1. The molecule has 0 spiro atoms. The number of hydrogen-bond acceptors (Lipinski definition) is 2. The lowest BCUT2D eigenvalue weighted by atomic mass is 10.1. The molecule has 6 heteroatoms. The van der Waals surface area contributed by atoms with Gasteiger partial charge in [-0.15, -0.1) is 24.0 Å². The number of fused-ring (bicyclic) bond motifs is 1. The van der Waals surface area contributed by atoms with Gasteiger partial charge in [0, 0.05) is 42.5 Å². The molecule has 0 saturated carbocycles. The molecule has 1 aromatic heterocycles. The number of hydrogen-bond donors (Lipinski definition) is 3. The van der Waals surface area contributed by atoms with Gasteiger partial charge in [0.2, 0.25) is 0 Å². The molecule has 2 aromatic rings. The highest BCUT2D eigenvalue weighted by molar-refractivity contribution is 14.0. The Morgan fingerprint density at radius 1 is 1.38 bits per heavy atom. The van der Waals surface area contributed by atoms with Crippen LogP contribution in [0.15, 0.2) is 35.5 Å². The fourth-order valence-corrected chi connectivity index (χ4v) is 4.14. The van der Waals surface area contributed by atoms with Crippen LogP contribution in [0, 0.1) is 0 Å². The summed E-state index contributed by atoms with van der Waals surface area (Å²) < 4.78 is 0. The Labute approximate surface area is 165 Å². The van der Waals surface area contributed by atoms with Crippen LogP contribution in [0.1, 0.15) is 24.8 Å². The molecule has 1 atom stereocenters. The van der Waals surface area contributed by atoms with Crippen molar-refractivity contribution in [3.8, 4) is 0 Å². The lowest BCUT2D eigenvalue weighted by molar-refractivity contribution is 0.580. The van der Waals surface area contributed by atoms with E-state index in [1.54, 1.807) is 0 Å². The molecule has 4 nitrogen and oxygen atoms in total. The molecular formula is C18H27IN4S. The number of H-pyrrole nitrogens is 1. The topological polar surface area (TPSA) is 52.2 Å². The van der Waals surface area contributed by atoms with Crippen molar-refractivity contribution >= 4 is 52.6 Å². The molecule has 0 radical (unpaired) electrons. The Balaban J connectivity index is 0.00000208. The molecule has 0 bridgehead atoms. The highest BCUT2D eigenvalue weighted by Crippen LogP contribution is 2.19. The summed E-state index contributed by atoms with van der Waals surface area (Å²) in [5.74, 6) is 3.43. The van der Waals surface area contributed by atoms with Crippen LogP contribution in [0.4, 0.5) is 0 Å². The highest BCUT2D eigenvalue weighted by Gasteiger charge is 2.14. The van der Waals surface area contributed by atoms with Gasteiger partial charge in [0.05, 0.1) is 0 Å². The zero-order valence-corrected chi connectivity index (χ0v) is 17.3. The normalized spacial score (nSPS) is 18.2. The summed E-state index contributed by atoms with van der Waals surface area (Å²) in [4.78, 5) is 7.69. The zero-order valence-electron chi connectivity index (χ0n) is 14.2. The van der Waals surface area contributed by atoms with Crippen molar-refractivity contribution < 1.29 is 0 Å². The molecule has 1 unspecified atom stereocenters. The Bertz CT molecular complexity index is 649. The van der Waals surface area contributed by atoms with Crippen molar-refractivity contribution in [1.29, 1.82) is 0 Å². The maximum Gasteiger partial charge on any atom is 0.191 e. The fourth-order valence-electron chi connectivity index (χ4n) is 3.07. The summed E-state index contributed by atoms with van der Waals surface area (Å²) in [5, 5.41) is 8.33. The van der Waals surface area contributed by atoms with Gasteiger partial charge in [-0.3, -0.25) is 4.99 Å². The number of para-hydroxylation sites is 1. The van der Waals surface area contributed by atoms with E-state index in [0.717, 1.165) is 25.3 Å². The van der Waals surface area contributed by atoms with Crippen molar-refractivity contribution in [3.63, 3.8) is 0 Å². The second-order valence-electron chi connectivity index (χ2n) is 6.02. The number of aryl methyl sites for hydroxylation is 1. The SMILES string of the molecule is CN=C(NCCCc1c[nH]c2ccccc12)NC1CCCSC1.I. The van der Waals surface area contributed by atoms with Gasteiger partial charge >= 0.3 is 0 Å². The third-order valence-electron chi connectivity index (χ3n) is 4.32. The van der Waals surface area contributed by atoms with Crippen LogP contribution in [-0.4, -0.2) is 42.1 Å². The van der Waals surface area contributed by atoms with Crippen LogP contribution in [0.5, 0.6) is 0 Å². The van der Waals surface area contributed by atoms with E-state index in [0.29, 0.717) is 6.04 Å².